The van der Waals surface area contributed by atoms with Gasteiger partial charge in [0.1, 0.15) is 31.3 Å². The molecule has 2 aromatic carbocycles. The molecular formula is C18H18O5S. The number of rotatable bonds is 6. The topological polar surface area (TPSA) is 61.8 Å². The lowest BCUT2D eigenvalue weighted by Gasteiger charge is -2.16. The molecule has 0 atom stereocenters. The van der Waals surface area contributed by atoms with Gasteiger partial charge in [-0.2, -0.15) is 8.42 Å². The second kappa shape index (κ2) is 7.07. The average molecular weight is 346 g/mol. The normalized spacial score (nSPS) is 13.2. The third-order valence-electron chi connectivity index (χ3n) is 3.53. The molecule has 0 bridgehead atoms. The molecule has 0 unspecified atom stereocenters. The first-order valence-electron chi connectivity index (χ1n) is 7.57. The lowest BCUT2D eigenvalue weighted by atomic mass is 10.1. The summed E-state index contributed by atoms with van der Waals surface area (Å²) in [6.07, 6.45) is 3.83. The van der Waals surface area contributed by atoms with Gasteiger partial charge in [0.2, 0.25) is 0 Å². The number of hydrogen-bond donors (Lipinski definition) is 0. The van der Waals surface area contributed by atoms with E-state index in [1.807, 2.05) is 37.3 Å². The zero-order valence-corrected chi connectivity index (χ0v) is 14.1. The van der Waals surface area contributed by atoms with Gasteiger partial charge in [-0.05, 0) is 43.3 Å². The zero-order chi connectivity index (χ0) is 17.0. The minimum absolute atomic E-state index is 0.0650. The smallest absolute Gasteiger partial charge is 0.297 e. The Labute approximate surface area is 141 Å². The molecule has 0 aromatic heterocycles. The molecular weight excluding hydrogens is 328 g/mol. The lowest BCUT2D eigenvalue weighted by Crippen LogP contribution is -2.13. The van der Waals surface area contributed by atoms with Crippen molar-refractivity contribution in [2.45, 2.75) is 11.8 Å². The van der Waals surface area contributed by atoms with Crippen LogP contribution in [-0.4, -0.2) is 28.2 Å². The number of ether oxygens (including phenoxy) is 2. The molecule has 24 heavy (non-hydrogen) atoms. The number of benzene rings is 2. The standard InChI is InChI=1S/C18H18O5S/c1-14-7-9-15(10-8-14)24(19,20)23-13-12-22-18-6-2-5-17-16(18)4-3-11-21-17/h2-10H,11-13H2,1H3. The van der Waals surface area contributed by atoms with Crippen molar-refractivity contribution in [3.05, 3.63) is 59.7 Å². The summed E-state index contributed by atoms with van der Waals surface area (Å²) in [6, 6.07) is 12.0. The SMILES string of the molecule is Cc1ccc(S(=O)(=O)OCCOc2cccc3c2C=CCO3)cc1. The quantitative estimate of drug-likeness (QED) is 0.594. The molecule has 0 fully saturated rings. The van der Waals surface area contributed by atoms with Crippen LogP contribution in [0.25, 0.3) is 6.08 Å². The van der Waals surface area contributed by atoms with Crippen LogP contribution < -0.4 is 9.47 Å². The van der Waals surface area contributed by atoms with Gasteiger partial charge in [0.15, 0.2) is 0 Å². The molecule has 0 N–H and O–H groups in total. The van der Waals surface area contributed by atoms with Gasteiger partial charge >= 0.3 is 0 Å². The lowest BCUT2D eigenvalue weighted by molar-refractivity contribution is 0.220. The van der Waals surface area contributed by atoms with Crippen LogP contribution in [0.15, 0.2) is 53.4 Å². The molecule has 126 valence electrons. The first-order valence-corrected chi connectivity index (χ1v) is 8.98. The molecule has 0 radical (unpaired) electrons. The largest absolute Gasteiger partial charge is 0.490 e. The monoisotopic (exact) mass is 346 g/mol. The summed E-state index contributed by atoms with van der Waals surface area (Å²) in [5, 5.41) is 0. The van der Waals surface area contributed by atoms with E-state index < -0.39 is 10.1 Å². The molecule has 1 aliphatic heterocycles. The summed E-state index contributed by atoms with van der Waals surface area (Å²) >= 11 is 0. The van der Waals surface area contributed by atoms with Crippen LogP contribution in [0.3, 0.4) is 0 Å². The Balaban J connectivity index is 1.58. The number of fused-ring (bicyclic) bond motifs is 1. The summed E-state index contributed by atoms with van der Waals surface area (Å²) in [6.45, 7) is 2.48. The first kappa shape index (κ1) is 16.5. The highest BCUT2D eigenvalue weighted by atomic mass is 32.2. The Bertz CT molecular complexity index is 838. The Kier molecular flexibility index (Phi) is 4.87. The van der Waals surface area contributed by atoms with Crippen molar-refractivity contribution in [3.63, 3.8) is 0 Å². The highest BCUT2D eigenvalue weighted by molar-refractivity contribution is 7.86. The second-order valence-electron chi connectivity index (χ2n) is 5.32. The minimum Gasteiger partial charge on any atom is -0.490 e. The van der Waals surface area contributed by atoms with E-state index in [4.69, 9.17) is 13.7 Å². The molecule has 1 heterocycles. The van der Waals surface area contributed by atoms with Crippen molar-refractivity contribution in [1.29, 1.82) is 0 Å². The van der Waals surface area contributed by atoms with Crippen molar-refractivity contribution >= 4 is 16.2 Å². The van der Waals surface area contributed by atoms with Gasteiger partial charge in [-0.3, -0.25) is 4.18 Å². The second-order valence-corrected chi connectivity index (χ2v) is 6.93. The van der Waals surface area contributed by atoms with Crippen LogP contribution in [0, 0.1) is 6.92 Å². The molecule has 2 aromatic rings. The predicted molar refractivity (Wildman–Crippen MR) is 90.8 cm³/mol. The van der Waals surface area contributed by atoms with E-state index >= 15 is 0 Å². The Morgan fingerprint density at radius 2 is 1.88 bits per heavy atom. The number of aryl methyl sites for hydroxylation is 1. The Morgan fingerprint density at radius 1 is 1.08 bits per heavy atom. The average Bonchev–Trinajstić information content (AvgIpc) is 2.59. The van der Waals surface area contributed by atoms with E-state index in [2.05, 4.69) is 0 Å². The van der Waals surface area contributed by atoms with E-state index in [0.29, 0.717) is 12.4 Å². The first-order chi connectivity index (χ1) is 11.6. The van der Waals surface area contributed by atoms with Gasteiger partial charge in [0, 0.05) is 0 Å². The van der Waals surface area contributed by atoms with Crippen molar-refractivity contribution in [2.24, 2.45) is 0 Å². The Hall–Kier alpha value is -2.31. The molecule has 6 heteroatoms. The molecule has 0 amide bonds. The van der Waals surface area contributed by atoms with Crippen molar-refractivity contribution in [2.75, 3.05) is 19.8 Å². The third kappa shape index (κ3) is 3.77. The zero-order valence-electron chi connectivity index (χ0n) is 13.3. The van der Waals surface area contributed by atoms with Gasteiger partial charge in [-0.15, -0.1) is 0 Å². The van der Waals surface area contributed by atoms with Crippen LogP contribution in [0.5, 0.6) is 11.5 Å². The minimum atomic E-state index is -3.77. The predicted octanol–water partition coefficient (Wildman–Crippen LogP) is 3.18. The fraction of sp³-hybridized carbons (Fsp3) is 0.222. The van der Waals surface area contributed by atoms with Crippen LogP contribution in [-0.2, 0) is 14.3 Å². The molecule has 3 rings (SSSR count). The molecule has 0 saturated heterocycles. The van der Waals surface area contributed by atoms with E-state index in [1.165, 1.54) is 12.1 Å². The summed E-state index contributed by atoms with van der Waals surface area (Å²) in [7, 11) is -3.77. The molecule has 1 aliphatic rings. The fourth-order valence-electron chi connectivity index (χ4n) is 2.31. The van der Waals surface area contributed by atoms with Gasteiger partial charge in [0.25, 0.3) is 10.1 Å². The number of hydrogen-bond acceptors (Lipinski definition) is 5. The van der Waals surface area contributed by atoms with Gasteiger partial charge in [-0.1, -0.05) is 23.8 Å². The fourth-order valence-corrected chi connectivity index (χ4v) is 3.21. The highest BCUT2D eigenvalue weighted by Crippen LogP contribution is 2.32. The molecule has 0 saturated carbocycles. The summed E-state index contributed by atoms with van der Waals surface area (Å²) in [5.74, 6) is 1.39. The van der Waals surface area contributed by atoms with Crippen LogP contribution in [0.4, 0.5) is 0 Å². The summed E-state index contributed by atoms with van der Waals surface area (Å²) in [5.41, 5.74) is 1.84. The van der Waals surface area contributed by atoms with E-state index in [0.717, 1.165) is 16.9 Å². The van der Waals surface area contributed by atoms with E-state index in [9.17, 15) is 8.42 Å². The van der Waals surface area contributed by atoms with E-state index in [1.54, 1.807) is 12.1 Å². The summed E-state index contributed by atoms with van der Waals surface area (Å²) < 4.78 is 40.3. The van der Waals surface area contributed by atoms with Gasteiger partial charge in [-0.25, -0.2) is 0 Å². The van der Waals surface area contributed by atoms with Crippen LogP contribution in [0.2, 0.25) is 0 Å². The highest BCUT2D eigenvalue weighted by Gasteiger charge is 2.15. The van der Waals surface area contributed by atoms with Crippen LogP contribution >= 0.6 is 0 Å². The molecule has 0 spiro atoms. The van der Waals surface area contributed by atoms with Gasteiger partial charge < -0.3 is 9.47 Å². The van der Waals surface area contributed by atoms with Gasteiger partial charge in [0.05, 0.1) is 10.5 Å². The van der Waals surface area contributed by atoms with Crippen molar-refractivity contribution in [3.8, 4) is 11.5 Å². The van der Waals surface area contributed by atoms with Crippen LogP contribution in [0.1, 0.15) is 11.1 Å². The summed E-state index contributed by atoms with van der Waals surface area (Å²) in [4.78, 5) is 0.140. The maximum atomic E-state index is 12.1. The maximum absolute atomic E-state index is 12.1. The maximum Gasteiger partial charge on any atom is 0.297 e. The van der Waals surface area contributed by atoms with Crippen molar-refractivity contribution in [1.82, 2.24) is 0 Å². The molecule has 5 nitrogen and oxygen atoms in total. The van der Waals surface area contributed by atoms with Crippen molar-refractivity contribution < 1.29 is 22.1 Å². The Morgan fingerprint density at radius 3 is 2.67 bits per heavy atom. The van der Waals surface area contributed by atoms with E-state index in [-0.39, 0.29) is 18.1 Å². The molecule has 0 aliphatic carbocycles. The third-order valence-corrected chi connectivity index (χ3v) is 4.86.